The number of nitrogens with zero attached hydrogens (tertiary/aromatic N) is 1. The highest BCUT2D eigenvalue weighted by Crippen LogP contribution is 2.20. The number of hydrogen-bond donors (Lipinski definition) is 1. The van der Waals surface area contributed by atoms with Gasteiger partial charge in [0.25, 0.3) is 0 Å². The van der Waals surface area contributed by atoms with Crippen molar-refractivity contribution in [2.24, 2.45) is 0 Å². The summed E-state index contributed by atoms with van der Waals surface area (Å²) in [6, 6.07) is 11.8. The molecule has 0 amide bonds. The van der Waals surface area contributed by atoms with Crippen molar-refractivity contribution >= 4 is 15.7 Å². The van der Waals surface area contributed by atoms with Crippen molar-refractivity contribution in [2.75, 3.05) is 18.0 Å². The summed E-state index contributed by atoms with van der Waals surface area (Å²) in [5.74, 6) is -0.410. The molecular formula is C19H23FN2O2S. The molecule has 1 aliphatic rings. The number of aryl methyl sites for hydroxylation is 1. The van der Waals surface area contributed by atoms with E-state index in [9.17, 15) is 12.8 Å². The largest absolute Gasteiger partial charge is 0.372 e. The van der Waals surface area contributed by atoms with Crippen LogP contribution in [-0.2, 0) is 16.6 Å². The molecule has 1 N–H and O–H groups in total. The third-order valence-electron chi connectivity index (χ3n) is 4.56. The number of benzene rings is 2. The standard InChI is InChI=1S/C19H23FN2O2S/c1-15-13-18(9-10-19(15)20)25(23,24)21-14-16-5-7-17(8-6-16)22-11-3-2-4-12-22/h5-10,13,21H,2-4,11-12,14H2,1H3. The minimum atomic E-state index is -3.66. The molecular weight excluding hydrogens is 339 g/mol. The summed E-state index contributed by atoms with van der Waals surface area (Å²) in [5, 5.41) is 0. The van der Waals surface area contributed by atoms with Crippen LogP contribution in [0.4, 0.5) is 10.1 Å². The molecule has 0 aromatic heterocycles. The molecule has 134 valence electrons. The maximum absolute atomic E-state index is 13.3. The predicted octanol–water partition coefficient (Wildman–Crippen LogP) is 3.60. The summed E-state index contributed by atoms with van der Waals surface area (Å²) in [5.41, 5.74) is 2.39. The molecule has 1 aliphatic heterocycles. The average molecular weight is 362 g/mol. The molecule has 0 aliphatic carbocycles. The van der Waals surface area contributed by atoms with Crippen LogP contribution in [0.15, 0.2) is 47.4 Å². The molecule has 2 aromatic carbocycles. The van der Waals surface area contributed by atoms with E-state index in [1.807, 2.05) is 24.3 Å². The van der Waals surface area contributed by atoms with Gasteiger partial charge in [-0.3, -0.25) is 0 Å². The third-order valence-corrected chi connectivity index (χ3v) is 5.96. The van der Waals surface area contributed by atoms with Crippen molar-refractivity contribution in [3.05, 3.63) is 59.4 Å². The van der Waals surface area contributed by atoms with Crippen LogP contribution in [0.25, 0.3) is 0 Å². The Balaban J connectivity index is 1.65. The van der Waals surface area contributed by atoms with E-state index >= 15 is 0 Å². The number of hydrogen-bond acceptors (Lipinski definition) is 3. The van der Waals surface area contributed by atoms with Crippen LogP contribution in [0.1, 0.15) is 30.4 Å². The molecule has 1 heterocycles. The van der Waals surface area contributed by atoms with Crippen LogP contribution in [0, 0.1) is 12.7 Å². The summed E-state index contributed by atoms with van der Waals surface area (Å²) >= 11 is 0. The van der Waals surface area contributed by atoms with Crippen molar-refractivity contribution in [3.63, 3.8) is 0 Å². The summed E-state index contributed by atoms with van der Waals surface area (Å²) in [6.45, 7) is 3.92. The fraction of sp³-hybridized carbons (Fsp3) is 0.368. The van der Waals surface area contributed by atoms with E-state index in [2.05, 4.69) is 9.62 Å². The normalized spacial score (nSPS) is 15.4. The zero-order chi connectivity index (χ0) is 17.9. The monoisotopic (exact) mass is 362 g/mol. The van der Waals surface area contributed by atoms with Gasteiger partial charge in [0.15, 0.2) is 0 Å². The molecule has 3 rings (SSSR count). The SMILES string of the molecule is Cc1cc(S(=O)(=O)NCc2ccc(N3CCCCC3)cc2)ccc1F. The molecule has 0 spiro atoms. The second-order valence-electron chi connectivity index (χ2n) is 6.45. The zero-order valence-electron chi connectivity index (χ0n) is 14.3. The molecule has 1 fully saturated rings. The Labute approximate surface area is 148 Å². The van der Waals surface area contributed by atoms with Crippen LogP contribution in [-0.4, -0.2) is 21.5 Å². The fourth-order valence-corrected chi connectivity index (χ4v) is 4.13. The van der Waals surface area contributed by atoms with Crippen LogP contribution in [0.5, 0.6) is 0 Å². The number of piperidine rings is 1. The van der Waals surface area contributed by atoms with Gasteiger partial charge < -0.3 is 4.90 Å². The van der Waals surface area contributed by atoms with Crippen molar-refractivity contribution in [1.29, 1.82) is 0 Å². The van der Waals surface area contributed by atoms with Crippen molar-refractivity contribution in [1.82, 2.24) is 4.72 Å². The first-order valence-corrected chi connectivity index (χ1v) is 10.0. The lowest BCUT2D eigenvalue weighted by Gasteiger charge is -2.28. The van der Waals surface area contributed by atoms with Gasteiger partial charge in [0.05, 0.1) is 4.90 Å². The molecule has 0 atom stereocenters. The lowest BCUT2D eigenvalue weighted by atomic mass is 10.1. The first kappa shape index (κ1) is 17.9. The van der Waals surface area contributed by atoms with E-state index in [-0.39, 0.29) is 11.4 Å². The van der Waals surface area contributed by atoms with Gasteiger partial charge in [0.2, 0.25) is 10.0 Å². The minimum absolute atomic E-state index is 0.0799. The van der Waals surface area contributed by atoms with E-state index < -0.39 is 15.8 Å². The number of nitrogens with one attached hydrogen (secondary N) is 1. The van der Waals surface area contributed by atoms with E-state index in [4.69, 9.17) is 0 Å². The first-order chi connectivity index (χ1) is 12.0. The molecule has 4 nitrogen and oxygen atoms in total. The Hall–Kier alpha value is -1.92. The quantitative estimate of drug-likeness (QED) is 0.884. The van der Waals surface area contributed by atoms with Crippen LogP contribution < -0.4 is 9.62 Å². The second kappa shape index (κ2) is 7.54. The summed E-state index contributed by atoms with van der Waals surface area (Å²) < 4.78 is 40.6. The van der Waals surface area contributed by atoms with Gasteiger partial charge in [0.1, 0.15) is 5.82 Å². The maximum atomic E-state index is 13.3. The molecule has 0 unspecified atom stereocenters. The van der Waals surface area contributed by atoms with Crippen molar-refractivity contribution < 1.29 is 12.8 Å². The Morgan fingerprint density at radius 3 is 2.36 bits per heavy atom. The second-order valence-corrected chi connectivity index (χ2v) is 8.22. The number of anilines is 1. The molecule has 6 heteroatoms. The number of halogens is 1. The van der Waals surface area contributed by atoms with Crippen LogP contribution in [0.2, 0.25) is 0 Å². The van der Waals surface area contributed by atoms with Gasteiger partial charge in [0, 0.05) is 25.3 Å². The minimum Gasteiger partial charge on any atom is -0.372 e. The summed E-state index contributed by atoms with van der Waals surface area (Å²) in [7, 11) is -3.66. The average Bonchev–Trinajstić information content (AvgIpc) is 2.63. The summed E-state index contributed by atoms with van der Waals surface area (Å²) in [6.07, 6.45) is 3.73. The lowest BCUT2D eigenvalue weighted by Crippen LogP contribution is -2.29. The molecule has 1 saturated heterocycles. The number of rotatable bonds is 5. The van der Waals surface area contributed by atoms with Crippen molar-refractivity contribution in [3.8, 4) is 0 Å². The molecule has 2 aromatic rings. The Morgan fingerprint density at radius 1 is 1.04 bits per heavy atom. The Morgan fingerprint density at radius 2 is 1.72 bits per heavy atom. The van der Waals surface area contributed by atoms with Crippen LogP contribution in [0.3, 0.4) is 0 Å². The van der Waals surface area contributed by atoms with Gasteiger partial charge in [-0.1, -0.05) is 12.1 Å². The van der Waals surface area contributed by atoms with E-state index in [0.717, 1.165) is 18.7 Å². The Kier molecular flexibility index (Phi) is 5.39. The lowest BCUT2D eigenvalue weighted by molar-refractivity contribution is 0.577. The smallest absolute Gasteiger partial charge is 0.240 e. The third kappa shape index (κ3) is 4.38. The molecule has 25 heavy (non-hydrogen) atoms. The highest BCUT2D eigenvalue weighted by molar-refractivity contribution is 7.89. The topological polar surface area (TPSA) is 49.4 Å². The van der Waals surface area contributed by atoms with Gasteiger partial charge in [-0.25, -0.2) is 17.5 Å². The first-order valence-electron chi connectivity index (χ1n) is 8.55. The molecule has 0 bridgehead atoms. The van der Waals surface area contributed by atoms with Gasteiger partial charge in [-0.15, -0.1) is 0 Å². The zero-order valence-corrected chi connectivity index (χ0v) is 15.2. The highest BCUT2D eigenvalue weighted by atomic mass is 32.2. The van der Waals surface area contributed by atoms with Crippen LogP contribution >= 0.6 is 0 Å². The molecule has 0 radical (unpaired) electrons. The fourth-order valence-electron chi connectivity index (χ4n) is 3.02. The van der Waals surface area contributed by atoms with E-state index in [1.54, 1.807) is 6.92 Å². The number of sulfonamides is 1. The van der Waals surface area contributed by atoms with Gasteiger partial charge in [-0.05, 0) is 67.6 Å². The Bertz CT molecular complexity index is 829. The predicted molar refractivity (Wildman–Crippen MR) is 97.7 cm³/mol. The van der Waals surface area contributed by atoms with Crippen molar-refractivity contribution in [2.45, 2.75) is 37.6 Å². The highest BCUT2D eigenvalue weighted by Gasteiger charge is 2.15. The van der Waals surface area contributed by atoms with Gasteiger partial charge >= 0.3 is 0 Å². The van der Waals surface area contributed by atoms with E-state index in [1.165, 1.54) is 43.1 Å². The van der Waals surface area contributed by atoms with E-state index in [0.29, 0.717) is 5.56 Å². The maximum Gasteiger partial charge on any atom is 0.240 e. The van der Waals surface area contributed by atoms with Gasteiger partial charge in [-0.2, -0.15) is 0 Å². The molecule has 0 saturated carbocycles. The summed E-state index contributed by atoms with van der Waals surface area (Å²) in [4.78, 5) is 2.44.